The summed E-state index contributed by atoms with van der Waals surface area (Å²) in [6.45, 7) is 4.41. The maximum Gasteiger partial charge on any atom is 0.310 e. The number of likely N-dealkylation sites (tertiary alicyclic amines) is 1. The number of nitrogens with zero attached hydrogens (tertiary/aromatic N) is 1. The molecule has 1 aliphatic heterocycles. The van der Waals surface area contributed by atoms with Gasteiger partial charge in [-0.3, -0.25) is 9.69 Å². The molecule has 0 amide bonds. The molecule has 0 saturated carbocycles. The highest BCUT2D eigenvalue weighted by molar-refractivity contribution is 6.42. The maximum absolute atomic E-state index is 12.5. The van der Waals surface area contributed by atoms with Gasteiger partial charge in [0.1, 0.15) is 0 Å². The van der Waals surface area contributed by atoms with Crippen molar-refractivity contribution in [1.29, 1.82) is 0 Å². The predicted octanol–water partition coefficient (Wildman–Crippen LogP) is 4.77. The summed E-state index contributed by atoms with van der Waals surface area (Å²) in [4.78, 5) is 14.8. The van der Waals surface area contributed by atoms with E-state index in [1.807, 2.05) is 37.3 Å². The zero-order valence-electron chi connectivity index (χ0n) is 14.1. The molecular weight excluding hydrogens is 357 g/mol. The maximum atomic E-state index is 12.5. The lowest BCUT2D eigenvalue weighted by molar-refractivity contribution is -0.148. The van der Waals surface area contributed by atoms with Crippen molar-refractivity contribution in [3.05, 3.63) is 69.7 Å². The standard InChI is InChI=1S/C20H21Cl2NO2/c1-2-25-20(24)17-13-23(11-14-7-4-3-5-8-14)12-16(17)15-9-6-10-18(21)19(15)22/h3-10,16-17H,2,11-13H2,1H3. The Kier molecular flexibility index (Phi) is 6.00. The second-order valence-electron chi connectivity index (χ2n) is 6.29. The molecule has 0 N–H and O–H groups in total. The van der Waals surface area contributed by atoms with E-state index in [9.17, 15) is 4.79 Å². The number of carbonyl (C=O) groups is 1. The fraction of sp³-hybridized carbons (Fsp3) is 0.350. The minimum absolute atomic E-state index is 0.0195. The van der Waals surface area contributed by atoms with Crippen LogP contribution in [0.3, 0.4) is 0 Å². The summed E-state index contributed by atoms with van der Waals surface area (Å²) >= 11 is 12.6. The Bertz CT molecular complexity index is 736. The van der Waals surface area contributed by atoms with Crippen LogP contribution >= 0.6 is 23.2 Å². The van der Waals surface area contributed by atoms with Crippen LogP contribution in [0.2, 0.25) is 10.0 Å². The van der Waals surface area contributed by atoms with Crippen LogP contribution in [0.4, 0.5) is 0 Å². The molecule has 0 bridgehead atoms. The van der Waals surface area contributed by atoms with Gasteiger partial charge in [0.15, 0.2) is 0 Å². The van der Waals surface area contributed by atoms with Gasteiger partial charge in [0.25, 0.3) is 0 Å². The third kappa shape index (κ3) is 4.17. The molecule has 3 nitrogen and oxygen atoms in total. The molecule has 2 unspecified atom stereocenters. The van der Waals surface area contributed by atoms with Crippen LogP contribution in [-0.4, -0.2) is 30.6 Å². The molecule has 2 aromatic carbocycles. The average molecular weight is 378 g/mol. The lowest BCUT2D eigenvalue weighted by Gasteiger charge is -2.19. The van der Waals surface area contributed by atoms with Crippen LogP contribution in [0.1, 0.15) is 24.0 Å². The van der Waals surface area contributed by atoms with Crippen LogP contribution in [-0.2, 0) is 16.1 Å². The number of carbonyl (C=O) groups excluding carboxylic acids is 1. The number of hydrogen-bond acceptors (Lipinski definition) is 3. The first-order valence-corrected chi connectivity index (χ1v) is 9.22. The van der Waals surface area contributed by atoms with E-state index >= 15 is 0 Å². The van der Waals surface area contributed by atoms with Gasteiger partial charge < -0.3 is 4.74 Å². The van der Waals surface area contributed by atoms with Crippen LogP contribution in [0.15, 0.2) is 48.5 Å². The van der Waals surface area contributed by atoms with Crippen molar-refractivity contribution >= 4 is 29.2 Å². The van der Waals surface area contributed by atoms with Crippen molar-refractivity contribution in [3.8, 4) is 0 Å². The third-order valence-corrected chi connectivity index (χ3v) is 5.45. The molecule has 2 aromatic rings. The lowest BCUT2D eigenvalue weighted by atomic mass is 9.89. The molecule has 1 saturated heterocycles. The molecule has 1 fully saturated rings. The zero-order valence-corrected chi connectivity index (χ0v) is 15.6. The fourth-order valence-electron chi connectivity index (χ4n) is 3.47. The second kappa shape index (κ2) is 8.22. The minimum atomic E-state index is -0.236. The highest BCUT2D eigenvalue weighted by Gasteiger charge is 2.40. The molecule has 0 radical (unpaired) electrons. The Labute approximate surface area is 158 Å². The van der Waals surface area contributed by atoms with Crippen molar-refractivity contribution in [3.63, 3.8) is 0 Å². The first kappa shape index (κ1) is 18.2. The average Bonchev–Trinajstić information content (AvgIpc) is 3.02. The molecule has 1 heterocycles. The van der Waals surface area contributed by atoms with Crippen molar-refractivity contribution in [2.75, 3.05) is 19.7 Å². The van der Waals surface area contributed by atoms with Crippen molar-refractivity contribution in [1.82, 2.24) is 4.90 Å². The van der Waals surface area contributed by atoms with Gasteiger partial charge in [0, 0.05) is 25.6 Å². The summed E-state index contributed by atoms with van der Waals surface area (Å²) in [7, 11) is 0. The second-order valence-corrected chi connectivity index (χ2v) is 7.07. The summed E-state index contributed by atoms with van der Waals surface area (Å²) < 4.78 is 5.30. The smallest absolute Gasteiger partial charge is 0.310 e. The molecular formula is C20H21Cl2NO2. The highest BCUT2D eigenvalue weighted by atomic mass is 35.5. The molecule has 0 spiro atoms. The normalized spacial score (nSPS) is 20.6. The van der Waals surface area contributed by atoms with Crippen LogP contribution < -0.4 is 0 Å². The first-order chi connectivity index (χ1) is 12.1. The molecule has 5 heteroatoms. The Morgan fingerprint density at radius 2 is 1.88 bits per heavy atom. The Hall–Kier alpha value is -1.55. The first-order valence-electron chi connectivity index (χ1n) is 8.47. The quantitative estimate of drug-likeness (QED) is 0.702. The minimum Gasteiger partial charge on any atom is -0.466 e. The van der Waals surface area contributed by atoms with E-state index in [1.54, 1.807) is 6.07 Å². The van der Waals surface area contributed by atoms with Gasteiger partial charge in [-0.2, -0.15) is 0 Å². The van der Waals surface area contributed by atoms with Crippen molar-refractivity contribution < 1.29 is 9.53 Å². The van der Waals surface area contributed by atoms with E-state index < -0.39 is 0 Å². The van der Waals surface area contributed by atoms with Crippen LogP contribution in [0.25, 0.3) is 0 Å². The summed E-state index contributed by atoms with van der Waals surface area (Å²) in [6.07, 6.45) is 0. The lowest BCUT2D eigenvalue weighted by Crippen LogP contribution is -2.25. The third-order valence-electron chi connectivity index (χ3n) is 4.61. The number of ether oxygens (including phenoxy) is 1. The van der Waals surface area contributed by atoms with Gasteiger partial charge in [-0.15, -0.1) is 0 Å². The Morgan fingerprint density at radius 3 is 2.60 bits per heavy atom. The number of hydrogen-bond donors (Lipinski definition) is 0. The van der Waals surface area contributed by atoms with Gasteiger partial charge >= 0.3 is 5.97 Å². The van der Waals surface area contributed by atoms with Gasteiger partial charge in [-0.05, 0) is 24.1 Å². The van der Waals surface area contributed by atoms with Gasteiger partial charge in [0.05, 0.1) is 22.6 Å². The SMILES string of the molecule is CCOC(=O)C1CN(Cc2ccccc2)CC1c1cccc(Cl)c1Cl. The Morgan fingerprint density at radius 1 is 1.12 bits per heavy atom. The van der Waals surface area contributed by atoms with Crippen molar-refractivity contribution in [2.45, 2.75) is 19.4 Å². The Balaban J connectivity index is 1.85. The van der Waals surface area contributed by atoms with Gasteiger partial charge in [-0.25, -0.2) is 0 Å². The molecule has 3 rings (SSSR count). The van der Waals surface area contributed by atoms with E-state index in [2.05, 4.69) is 17.0 Å². The number of halogens is 2. The monoisotopic (exact) mass is 377 g/mol. The topological polar surface area (TPSA) is 29.5 Å². The molecule has 0 aliphatic carbocycles. The summed E-state index contributed by atoms with van der Waals surface area (Å²) in [5.74, 6) is -0.423. The molecule has 1 aliphatic rings. The summed E-state index contributed by atoms with van der Waals surface area (Å²) in [5, 5.41) is 1.05. The number of esters is 1. The molecule has 0 aromatic heterocycles. The van der Waals surface area contributed by atoms with Crippen LogP contribution in [0, 0.1) is 5.92 Å². The van der Waals surface area contributed by atoms with E-state index in [-0.39, 0.29) is 17.8 Å². The predicted molar refractivity (Wildman–Crippen MR) is 101 cm³/mol. The van der Waals surface area contributed by atoms with Gasteiger partial charge in [-0.1, -0.05) is 65.7 Å². The molecule has 2 atom stereocenters. The largest absolute Gasteiger partial charge is 0.466 e. The molecule has 25 heavy (non-hydrogen) atoms. The van der Waals surface area contributed by atoms with Gasteiger partial charge in [0.2, 0.25) is 0 Å². The molecule has 132 valence electrons. The highest BCUT2D eigenvalue weighted by Crippen LogP contribution is 2.39. The van der Waals surface area contributed by atoms with E-state index in [0.29, 0.717) is 23.2 Å². The summed E-state index contributed by atoms with van der Waals surface area (Å²) in [5.41, 5.74) is 2.14. The van der Waals surface area contributed by atoms with E-state index in [4.69, 9.17) is 27.9 Å². The van der Waals surface area contributed by atoms with Crippen molar-refractivity contribution in [2.24, 2.45) is 5.92 Å². The van der Waals surface area contributed by atoms with E-state index in [0.717, 1.165) is 18.7 Å². The zero-order chi connectivity index (χ0) is 17.8. The van der Waals surface area contributed by atoms with Crippen LogP contribution in [0.5, 0.6) is 0 Å². The fourth-order valence-corrected chi connectivity index (χ4v) is 3.91. The summed E-state index contributed by atoms with van der Waals surface area (Å²) in [6, 6.07) is 15.9. The number of rotatable bonds is 5. The van der Waals surface area contributed by atoms with E-state index in [1.165, 1.54) is 5.56 Å². The number of benzene rings is 2.